The van der Waals surface area contributed by atoms with Crippen LogP contribution in [0.2, 0.25) is 0 Å². The maximum absolute atomic E-state index is 12.0. The summed E-state index contributed by atoms with van der Waals surface area (Å²) in [6.07, 6.45) is 3.19. The van der Waals surface area contributed by atoms with Crippen LogP contribution in [-0.2, 0) is 16.1 Å². The molecule has 0 unspecified atom stereocenters. The highest BCUT2D eigenvalue weighted by Crippen LogP contribution is 2.31. The summed E-state index contributed by atoms with van der Waals surface area (Å²) in [5.41, 5.74) is 0.680. The van der Waals surface area contributed by atoms with Gasteiger partial charge >= 0.3 is 5.97 Å². The van der Waals surface area contributed by atoms with Crippen molar-refractivity contribution >= 4 is 11.9 Å². The number of rotatable bonds is 8. The highest BCUT2D eigenvalue weighted by molar-refractivity contribution is 5.74. The number of likely N-dealkylation sites (N-methyl/N-ethyl adjacent to an activating group) is 1. The van der Waals surface area contributed by atoms with Gasteiger partial charge in [-0.05, 0) is 24.3 Å². The van der Waals surface area contributed by atoms with E-state index in [9.17, 15) is 4.79 Å². The molecule has 10 nitrogen and oxygen atoms in total. The summed E-state index contributed by atoms with van der Waals surface area (Å²) in [5.74, 6) is 1.62. The first kappa shape index (κ1) is 19.1. The Morgan fingerprint density at radius 3 is 2.61 bits per heavy atom. The number of methoxy groups -OCH3 is 2. The van der Waals surface area contributed by atoms with E-state index >= 15 is 0 Å². The van der Waals surface area contributed by atoms with Crippen LogP contribution in [0.25, 0.3) is 11.4 Å². The topological polar surface area (TPSA) is 113 Å². The van der Waals surface area contributed by atoms with Gasteiger partial charge in [-0.1, -0.05) is 5.16 Å². The predicted molar refractivity (Wildman–Crippen MR) is 97.9 cm³/mol. The van der Waals surface area contributed by atoms with Gasteiger partial charge in [0.1, 0.15) is 6.54 Å². The normalized spacial score (nSPS) is 10.4. The van der Waals surface area contributed by atoms with E-state index in [1.165, 1.54) is 0 Å². The van der Waals surface area contributed by atoms with Gasteiger partial charge in [0.2, 0.25) is 11.8 Å². The smallest absolute Gasteiger partial charge is 0.326 e. The molecule has 0 bridgehead atoms. The van der Waals surface area contributed by atoms with Gasteiger partial charge in [-0.2, -0.15) is 4.98 Å². The third-order valence-corrected chi connectivity index (χ3v) is 3.73. The highest BCUT2D eigenvalue weighted by atomic mass is 16.6. The van der Waals surface area contributed by atoms with Gasteiger partial charge in [0.15, 0.2) is 18.1 Å². The molecule has 28 heavy (non-hydrogen) atoms. The average molecular weight is 385 g/mol. The second-order valence-corrected chi connectivity index (χ2v) is 5.65. The van der Waals surface area contributed by atoms with Gasteiger partial charge < -0.3 is 23.6 Å². The van der Waals surface area contributed by atoms with Crippen LogP contribution in [0.3, 0.4) is 0 Å². The summed E-state index contributed by atoms with van der Waals surface area (Å²) in [6, 6.07) is 6.94. The van der Waals surface area contributed by atoms with Crippen LogP contribution in [0.15, 0.2) is 41.2 Å². The Bertz CT molecular complexity index is 931. The van der Waals surface area contributed by atoms with Crippen molar-refractivity contribution in [3.05, 3.63) is 42.5 Å². The molecule has 0 fully saturated rings. The molecule has 3 rings (SSSR count). The number of aromatic nitrogens is 4. The van der Waals surface area contributed by atoms with E-state index in [0.717, 1.165) is 0 Å². The van der Waals surface area contributed by atoms with Crippen molar-refractivity contribution in [1.29, 1.82) is 0 Å². The standard InChI is InChI=1S/C18H19N5O5/c1-23(18-19-7-4-8-20-18)10-16(24)27-11-15-21-17(22-28-15)12-5-6-13(25-2)14(9-12)26-3/h4-9H,10-11H2,1-3H3. The number of carbonyl (C=O) groups excluding carboxylic acids is 1. The van der Waals surface area contributed by atoms with Crippen molar-refractivity contribution in [3.63, 3.8) is 0 Å². The molecule has 0 aliphatic carbocycles. The minimum absolute atomic E-state index is 0.0132. The van der Waals surface area contributed by atoms with Crippen LogP contribution < -0.4 is 14.4 Å². The summed E-state index contributed by atoms with van der Waals surface area (Å²) in [5, 5.41) is 3.90. The quantitative estimate of drug-likeness (QED) is 0.531. The Balaban J connectivity index is 1.58. The number of benzene rings is 1. The molecule has 2 heterocycles. The van der Waals surface area contributed by atoms with Crippen molar-refractivity contribution < 1.29 is 23.5 Å². The zero-order chi connectivity index (χ0) is 19.9. The summed E-state index contributed by atoms with van der Waals surface area (Å²) in [4.78, 5) is 25.9. The van der Waals surface area contributed by atoms with E-state index in [1.54, 1.807) is 62.8 Å². The molecule has 0 amide bonds. The highest BCUT2D eigenvalue weighted by Gasteiger charge is 2.15. The minimum Gasteiger partial charge on any atom is -0.493 e. The van der Waals surface area contributed by atoms with Crippen LogP contribution in [0, 0.1) is 0 Å². The van der Waals surface area contributed by atoms with E-state index in [2.05, 4.69) is 20.1 Å². The van der Waals surface area contributed by atoms with Gasteiger partial charge in [0, 0.05) is 25.0 Å². The Morgan fingerprint density at radius 1 is 1.14 bits per heavy atom. The lowest BCUT2D eigenvalue weighted by atomic mass is 10.2. The molecule has 1 aromatic carbocycles. The van der Waals surface area contributed by atoms with E-state index < -0.39 is 5.97 Å². The van der Waals surface area contributed by atoms with E-state index in [0.29, 0.717) is 28.8 Å². The second-order valence-electron chi connectivity index (χ2n) is 5.65. The van der Waals surface area contributed by atoms with Gasteiger partial charge in [0.05, 0.1) is 14.2 Å². The molecule has 0 saturated heterocycles. The van der Waals surface area contributed by atoms with Crippen LogP contribution in [0.1, 0.15) is 5.89 Å². The lowest BCUT2D eigenvalue weighted by Crippen LogP contribution is -2.28. The van der Waals surface area contributed by atoms with Gasteiger partial charge in [-0.3, -0.25) is 4.79 Å². The summed E-state index contributed by atoms with van der Waals surface area (Å²) in [6.45, 7) is -0.150. The monoisotopic (exact) mass is 385 g/mol. The van der Waals surface area contributed by atoms with Crippen molar-refractivity contribution in [2.45, 2.75) is 6.61 Å². The SMILES string of the molecule is COc1ccc(-c2noc(COC(=O)CN(C)c3ncccn3)n2)cc1OC. The van der Waals surface area contributed by atoms with E-state index in [1.807, 2.05) is 0 Å². The Hall–Kier alpha value is -3.69. The molecular weight excluding hydrogens is 366 g/mol. The summed E-state index contributed by atoms with van der Waals surface area (Å²) in [7, 11) is 4.79. The van der Waals surface area contributed by atoms with Gasteiger partial charge in [-0.15, -0.1) is 0 Å². The average Bonchev–Trinajstić information content (AvgIpc) is 3.21. The first-order valence-electron chi connectivity index (χ1n) is 8.29. The molecule has 0 saturated carbocycles. The zero-order valence-electron chi connectivity index (χ0n) is 15.7. The van der Waals surface area contributed by atoms with E-state index in [4.69, 9.17) is 18.7 Å². The number of hydrogen-bond donors (Lipinski definition) is 0. The first-order chi connectivity index (χ1) is 13.6. The van der Waals surface area contributed by atoms with Crippen LogP contribution in [-0.4, -0.2) is 53.9 Å². The molecule has 2 aromatic heterocycles. The maximum Gasteiger partial charge on any atom is 0.326 e. The zero-order valence-corrected chi connectivity index (χ0v) is 15.7. The number of esters is 1. The fourth-order valence-electron chi connectivity index (χ4n) is 2.35. The van der Waals surface area contributed by atoms with Crippen molar-refractivity contribution in [2.24, 2.45) is 0 Å². The fraction of sp³-hybridized carbons (Fsp3) is 0.278. The van der Waals surface area contributed by atoms with Crippen molar-refractivity contribution in [2.75, 3.05) is 32.7 Å². The Kier molecular flexibility index (Phi) is 6.00. The Labute approximate surface area is 161 Å². The molecule has 0 aliphatic rings. The fourth-order valence-corrected chi connectivity index (χ4v) is 2.35. The molecule has 0 spiro atoms. The van der Waals surface area contributed by atoms with Crippen molar-refractivity contribution in [1.82, 2.24) is 20.1 Å². The number of ether oxygens (including phenoxy) is 3. The molecular formula is C18H19N5O5. The van der Waals surface area contributed by atoms with Crippen molar-refractivity contribution in [3.8, 4) is 22.9 Å². The van der Waals surface area contributed by atoms with Gasteiger partial charge in [0.25, 0.3) is 5.89 Å². The van der Waals surface area contributed by atoms with E-state index in [-0.39, 0.29) is 19.0 Å². The first-order valence-corrected chi connectivity index (χ1v) is 8.29. The van der Waals surface area contributed by atoms with Crippen LogP contribution in [0.5, 0.6) is 11.5 Å². The van der Waals surface area contributed by atoms with Gasteiger partial charge in [-0.25, -0.2) is 9.97 Å². The van der Waals surface area contributed by atoms with Crippen LogP contribution in [0.4, 0.5) is 5.95 Å². The largest absolute Gasteiger partial charge is 0.493 e. The number of carbonyl (C=O) groups is 1. The third kappa shape index (κ3) is 4.53. The minimum atomic E-state index is -0.471. The predicted octanol–water partition coefficient (Wildman–Crippen LogP) is 1.72. The molecule has 3 aromatic rings. The van der Waals surface area contributed by atoms with Crippen LogP contribution >= 0.6 is 0 Å². The molecule has 0 aliphatic heterocycles. The molecule has 0 atom stereocenters. The third-order valence-electron chi connectivity index (χ3n) is 3.73. The molecule has 146 valence electrons. The summed E-state index contributed by atoms with van der Waals surface area (Å²) < 4.78 is 20.8. The number of anilines is 1. The summed E-state index contributed by atoms with van der Waals surface area (Å²) >= 11 is 0. The molecule has 0 N–H and O–H groups in total. The number of hydrogen-bond acceptors (Lipinski definition) is 10. The number of nitrogens with zero attached hydrogens (tertiary/aromatic N) is 5. The Morgan fingerprint density at radius 2 is 1.89 bits per heavy atom. The lowest BCUT2D eigenvalue weighted by Gasteiger charge is -2.14. The second kappa shape index (κ2) is 8.80. The maximum atomic E-state index is 12.0. The lowest BCUT2D eigenvalue weighted by molar-refractivity contribution is -0.144. The molecule has 0 radical (unpaired) electrons. The molecule has 10 heteroatoms.